The van der Waals surface area contributed by atoms with Crippen LogP contribution in [0.1, 0.15) is 37.0 Å². The number of carbonyl (C=O) groups excluding carboxylic acids is 1. The van der Waals surface area contributed by atoms with E-state index >= 15 is 0 Å². The molecule has 0 aromatic heterocycles. The number of carboxylic acids is 1. The van der Waals surface area contributed by atoms with Crippen molar-refractivity contribution < 1.29 is 14.7 Å². The number of carboxylic acid groups (broad SMARTS) is 1. The molecule has 1 rings (SSSR count). The molecule has 19 heavy (non-hydrogen) atoms. The van der Waals surface area contributed by atoms with E-state index < -0.39 is 17.4 Å². The molecule has 0 saturated heterocycles. The summed E-state index contributed by atoms with van der Waals surface area (Å²) >= 11 is 5.74. The van der Waals surface area contributed by atoms with Crippen LogP contribution in [-0.4, -0.2) is 22.5 Å². The minimum atomic E-state index is -1.16. The third-order valence-electron chi connectivity index (χ3n) is 3.17. The van der Waals surface area contributed by atoms with Crippen LogP contribution in [0.4, 0.5) is 5.69 Å². The van der Waals surface area contributed by atoms with Gasteiger partial charge in [0.05, 0.1) is 16.8 Å². The van der Waals surface area contributed by atoms with Crippen LogP contribution in [0.25, 0.3) is 0 Å². The minimum Gasteiger partial charge on any atom is -0.478 e. The standard InChI is InChI=1S/C13H17ClN2O3/c1-3-13(15,4-2)12(19)16-10-6-5-8(14)7-9(10)11(17)18/h5-7H,3-4,15H2,1-2H3,(H,16,19)(H,17,18). The Hall–Kier alpha value is -1.59. The Labute approximate surface area is 116 Å². The van der Waals surface area contributed by atoms with E-state index in [9.17, 15) is 9.59 Å². The summed E-state index contributed by atoms with van der Waals surface area (Å²) in [4.78, 5) is 23.2. The van der Waals surface area contributed by atoms with Crippen LogP contribution >= 0.6 is 11.6 Å². The van der Waals surface area contributed by atoms with Crippen molar-refractivity contribution in [1.29, 1.82) is 0 Å². The number of aromatic carboxylic acids is 1. The van der Waals surface area contributed by atoms with Gasteiger partial charge < -0.3 is 16.2 Å². The molecule has 1 aromatic rings. The zero-order valence-corrected chi connectivity index (χ0v) is 11.6. The molecule has 0 heterocycles. The SMILES string of the molecule is CCC(N)(CC)C(=O)Nc1ccc(Cl)cc1C(=O)O. The summed E-state index contributed by atoms with van der Waals surface area (Å²) in [6.07, 6.45) is 0.927. The van der Waals surface area contributed by atoms with E-state index in [0.29, 0.717) is 17.9 Å². The fourth-order valence-electron chi connectivity index (χ4n) is 1.62. The first kappa shape index (κ1) is 15.5. The van der Waals surface area contributed by atoms with Crippen molar-refractivity contribution in [2.45, 2.75) is 32.2 Å². The lowest BCUT2D eigenvalue weighted by atomic mass is 9.93. The second-order valence-corrected chi connectivity index (χ2v) is 4.75. The van der Waals surface area contributed by atoms with E-state index in [1.54, 1.807) is 0 Å². The lowest BCUT2D eigenvalue weighted by molar-refractivity contribution is -0.121. The van der Waals surface area contributed by atoms with Crippen molar-refractivity contribution in [1.82, 2.24) is 0 Å². The second-order valence-electron chi connectivity index (χ2n) is 4.31. The van der Waals surface area contributed by atoms with Crippen molar-refractivity contribution in [3.63, 3.8) is 0 Å². The van der Waals surface area contributed by atoms with Crippen molar-refractivity contribution >= 4 is 29.2 Å². The highest BCUT2D eigenvalue weighted by atomic mass is 35.5. The molecule has 0 bridgehead atoms. The van der Waals surface area contributed by atoms with E-state index in [4.69, 9.17) is 22.4 Å². The third kappa shape index (κ3) is 3.45. The maximum atomic E-state index is 12.1. The van der Waals surface area contributed by atoms with Crippen molar-refractivity contribution in [2.24, 2.45) is 5.73 Å². The van der Waals surface area contributed by atoms with E-state index in [-0.39, 0.29) is 11.3 Å². The molecule has 0 unspecified atom stereocenters. The number of nitrogens with one attached hydrogen (secondary N) is 1. The Kier molecular flexibility index (Phi) is 4.91. The minimum absolute atomic E-state index is 0.0598. The van der Waals surface area contributed by atoms with Gasteiger partial charge in [-0.25, -0.2) is 4.79 Å². The number of halogens is 1. The van der Waals surface area contributed by atoms with Crippen LogP contribution in [0, 0.1) is 0 Å². The molecule has 5 nitrogen and oxygen atoms in total. The Morgan fingerprint density at radius 3 is 2.42 bits per heavy atom. The average Bonchev–Trinajstić information content (AvgIpc) is 2.39. The van der Waals surface area contributed by atoms with Gasteiger partial charge in [0.25, 0.3) is 0 Å². The molecule has 0 aliphatic heterocycles. The maximum absolute atomic E-state index is 12.1. The lowest BCUT2D eigenvalue weighted by Gasteiger charge is -2.25. The van der Waals surface area contributed by atoms with Gasteiger partial charge in [0.15, 0.2) is 0 Å². The predicted molar refractivity (Wildman–Crippen MR) is 74.5 cm³/mol. The fraction of sp³-hybridized carbons (Fsp3) is 0.385. The van der Waals surface area contributed by atoms with Crippen LogP contribution in [0.2, 0.25) is 5.02 Å². The normalized spacial score (nSPS) is 11.2. The van der Waals surface area contributed by atoms with Gasteiger partial charge in [-0.15, -0.1) is 0 Å². The molecule has 1 aromatic carbocycles. The number of benzene rings is 1. The number of amides is 1. The zero-order chi connectivity index (χ0) is 14.6. The quantitative estimate of drug-likeness (QED) is 0.774. The first-order valence-electron chi connectivity index (χ1n) is 5.97. The zero-order valence-electron chi connectivity index (χ0n) is 10.9. The molecular weight excluding hydrogens is 268 g/mol. The number of carbonyl (C=O) groups is 2. The van der Waals surface area contributed by atoms with Gasteiger partial charge in [0.1, 0.15) is 0 Å². The summed E-state index contributed by atoms with van der Waals surface area (Å²) in [6.45, 7) is 3.62. The van der Waals surface area contributed by atoms with Gasteiger partial charge in [-0.05, 0) is 31.0 Å². The molecule has 0 aliphatic rings. The summed E-state index contributed by atoms with van der Waals surface area (Å²) in [5.41, 5.74) is 5.09. The van der Waals surface area contributed by atoms with E-state index in [1.807, 2.05) is 13.8 Å². The van der Waals surface area contributed by atoms with Crippen molar-refractivity contribution in [3.8, 4) is 0 Å². The van der Waals surface area contributed by atoms with Gasteiger partial charge in [0, 0.05) is 5.02 Å². The van der Waals surface area contributed by atoms with Crippen LogP contribution in [0.3, 0.4) is 0 Å². The molecule has 4 N–H and O–H groups in total. The van der Waals surface area contributed by atoms with Crippen LogP contribution in [-0.2, 0) is 4.79 Å². The topological polar surface area (TPSA) is 92.4 Å². The first-order chi connectivity index (χ1) is 8.84. The number of hydrogen-bond donors (Lipinski definition) is 3. The van der Waals surface area contributed by atoms with Gasteiger partial charge in [-0.3, -0.25) is 4.79 Å². The average molecular weight is 285 g/mol. The van der Waals surface area contributed by atoms with E-state index in [0.717, 1.165) is 0 Å². The summed E-state index contributed by atoms with van der Waals surface area (Å²) in [6, 6.07) is 4.25. The van der Waals surface area contributed by atoms with Crippen molar-refractivity contribution in [2.75, 3.05) is 5.32 Å². The van der Waals surface area contributed by atoms with Crippen LogP contribution in [0.15, 0.2) is 18.2 Å². The number of nitrogens with two attached hydrogens (primary N) is 1. The molecule has 1 amide bonds. The van der Waals surface area contributed by atoms with Gasteiger partial charge in [-0.1, -0.05) is 25.4 Å². The largest absolute Gasteiger partial charge is 0.478 e. The van der Waals surface area contributed by atoms with Crippen molar-refractivity contribution in [3.05, 3.63) is 28.8 Å². The summed E-state index contributed by atoms with van der Waals surface area (Å²) < 4.78 is 0. The lowest BCUT2D eigenvalue weighted by Crippen LogP contribution is -2.50. The predicted octanol–water partition coefficient (Wildman–Crippen LogP) is 2.49. The fourth-order valence-corrected chi connectivity index (χ4v) is 1.79. The van der Waals surface area contributed by atoms with E-state index in [2.05, 4.69) is 5.32 Å². The number of anilines is 1. The molecule has 0 spiro atoms. The van der Waals surface area contributed by atoms with Crippen LogP contribution < -0.4 is 11.1 Å². The highest BCUT2D eigenvalue weighted by Crippen LogP contribution is 2.22. The van der Waals surface area contributed by atoms with Gasteiger partial charge >= 0.3 is 5.97 Å². The summed E-state index contributed by atoms with van der Waals surface area (Å²) in [5.74, 6) is -1.56. The van der Waals surface area contributed by atoms with E-state index in [1.165, 1.54) is 18.2 Å². The molecule has 0 saturated carbocycles. The Bertz CT molecular complexity index is 499. The highest BCUT2D eigenvalue weighted by molar-refractivity contribution is 6.31. The molecule has 6 heteroatoms. The molecule has 0 radical (unpaired) electrons. The second kappa shape index (κ2) is 6.04. The Morgan fingerprint density at radius 1 is 1.37 bits per heavy atom. The molecule has 104 valence electrons. The van der Waals surface area contributed by atoms with Gasteiger partial charge in [-0.2, -0.15) is 0 Å². The number of hydrogen-bond acceptors (Lipinski definition) is 3. The summed E-state index contributed by atoms with van der Waals surface area (Å²) in [7, 11) is 0. The highest BCUT2D eigenvalue weighted by Gasteiger charge is 2.30. The van der Waals surface area contributed by atoms with Crippen LogP contribution in [0.5, 0.6) is 0 Å². The molecular formula is C13H17ClN2O3. The third-order valence-corrected chi connectivity index (χ3v) is 3.41. The molecule has 0 aliphatic carbocycles. The monoisotopic (exact) mass is 284 g/mol. The van der Waals surface area contributed by atoms with Gasteiger partial charge in [0.2, 0.25) is 5.91 Å². The molecule has 0 fully saturated rings. The summed E-state index contributed by atoms with van der Waals surface area (Å²) in [5, 5.41) is 11.9. The Morgan fingerprint density at radius 2 is 1.95 bits per heavy atom. The maximum Gasteiger partial charge on any atom is 0.337 e. The Balaban J connectivity index is 3.06. The first-order valence-corrected chi connectivity index (χ1v) is 6.35. The smallest absolute Gasteiger partial charge is 0.337 e. The molecule has 0 atom stereocenters. The number of rotatable bonds is 5.